The van der Waals surface area contributed by atoms with Crippen LogP contribution in [0.2, 0.25) is 0 Å². The Bertz CT molecular complexity index is 1360. The molecule has 0 atom stereocenters. The summed E-state index contributed by atoms with van der Waals surface area (Å²) in [4.78, 5) is 31.9. The fourth-order valence-electron chi connectivity index (χ4n) is 4.08. The van der Waals surface area contributed by atoms with Gasteiger partial charge in [-0.1, -0.05) is 17.3 Å². The van der Waals surface area contributed by atoms with Crippen LogP contribution in [0.4, 0.5) is 10.1 Å². The number of pyridine rings is 1. The third-order valence-corrected chi connectivity index (χ3v) is 5.79. The topological polar surface area (TPSA) is 88.3 Å². The molecule has 3 heterocycles. The number of fused-ring (bicyclic) bond motifs is 1. The van der Waals surface area contributed by atoms with Gasteiger partial charge in [0.25, 0.3) is 17.5 Å². The maximum Gasteiger partial charge on any atom is 0.259 e. The molecule has 0 bridgehead atoms. The highest BCUT2D eigenvalue weighted by Gasteiger charge is 2.22. The van der Waals surface area contributed by atoms with Crippen LogP contribution in [0.3, 0.4) is 0 Å². The van der Waals surface area contributed by atoms with E-state index in [0.29, 0.717) is 22.3 Å². The molecule has 0 saturated carbocycles. The zero-order valence-corrected chi connectivity index (χ0v) is 18.0. The van der Waals surface area contributed by atoms with Gasteiger partial charge in [0.05, 0.1) is 22.3 Å². The quantitative estimate of drug-likeness (QED) is 0.487. The minimum Gasteiger partial charge on any atom is -0.339 e. The summed E-state index contributed by atoms with van der Waals surface area (Å²) in [6, 6.07) is 14.5. The zero-order valence-electron chi connectivity index (χ0n) is 18.0. The largest absolute Gasteiger partial charge is 0.339 e. The predicted octanol–water partition coefficient (Wildman–Crippen LogP) is 4.83. The SMILES string of the molecule is Cc1noc2nc(-c3ccccc3F)cc(C(=O)Nc3ccc(C(=O)N4CCCC4)cc3)c12. The summed E-state index contributed by atoms with van der Waals surface area (Å²) in [5.74, 6) is -0.869. The predicted molar refractivity (Wildman–Crippen MR) is 121 cm³/mol. The monoisotopic (exact) mass is 444 g/mol. The van der Waals surface area contributed by atoms with Crippen LogP contribution in [0, 0.1) is 12.7 Å². The molecular weight excluding hydrogens is 423 g/mol. The van der Waals surface area contributed by atoms with E-state index in [-0.39, 0.29) is 28.4 Å². The summed E-state index contributed by atoms with van der Waals surface area (Å²) in [5.41, 5.74) is 2.58. The smallest absolute Gasteiger partial charge is 0.259 e. The van der Waals surface area contributed by atoms with E-state index in [1.807, 2.05) is 4.90 Å². The van der Waals surface area contributed by atoms with Crippen molar-refractivity contribution in [3.63, 3.8) is 0 Å². The molecule has 0 spiro atoms. The molecule has 1 saturated heterocycles. The van der Waals surface area contributed by atoms with Crippen molar-refractivity contribution in [2.75, 3.05) is 18.4 Å². The van der Waals surface area contributed by atoms with E-state index in [1.165, 1.54) is 12.1 Å². The van der Waals surface area contributed by atoms with Gasteiger partial charge in [-0.2, -0.15) is 0 Å². The van der Waals surface area contributed by atoms with Gasteiger partial charge in [-0.05, 0) is 62.2 Å². The van der Waals surface area contributed by atoms with Crippen LogP contribution in [0.1, 0.15) is 39.3 Å². The van der Waals surface area contributed by atoms with E-state index in [9.17, 15) is 14.0 Å². The molecule has 2 aromatic carbocycles. The van der Waals surface area contributed by atoms with Crippen LogP contribution in [0.5, 0.6) is 0 Å². The molecule has 5 rings (SSSR count). The number of likely N-dealkylation sites (tertiary alicyclic amines) is 1. The molecule has 0 aliphatic carbocycles. The number of carbonyl (C=O) groups excluding carboxylic acids is 2. The molecule has 4 aromatic rings. The molecule has 1 N–H and O–H groups in total. The number of aryl methyl sites for hydroxylation is 1. The van der Waals surface area contributed by atoms with Gasteiger partial charge in [0.2, 0.25) is 0 Å². The van der Waals surface area contributed by atoms with Crippen LogP contribution in [-0.2, 0) is 0 Å². The molecule has 1 aliphatic heterocycles. The first-order valence-electron chi connectivity index (χ1n) is 10.7. The molecule has 33 heavy (non-hydrogen) atoms. The lowest BCUT2D eigenvalue weighted by atomic mass is 10.0. The summed E-state index contributed by atoms with van der Waals surface area (Å²) < 4.78 is 19.6. The van der Waals surface area contributed by atoms with E-state index in [1.54, 1.807) is 49.4 Å². The minimum atomic E-state index is -0.454. The summed E-state index contributed by atoms with van der Waals surface area (Å²) in [5, 5.41) is 7.23. The van der Waals surface area contributed by atoms with E-state index in [2.05, 4.69) is 15.5 Å². The number of nitrogens with zero attached hydrogens (tertiary/aromatic N) is 3. The van der Waals surface area contributed by atoms with Crippen molar-refractivity contribution in [2.45, 2.75) is 19.8 Å². The average Bonchev–Trinajstić information content (AvgIpc) is 3.49. The average molecular weight is 444 g/mol. The Labute approximate surface area is 189 Å². The van der Waals surface area contributed by atoms with Gasteiger partial charge in [0.1, 0.15) is 5.82 Å². The molecule has 2 aromatic heterocycles. The molecule has 1 aliphatic rings. The summed E-state index contributed by atoms with van der Waals surface area (Å²) in [6.07, 6.45) is 2.05. The van der Waals surface area contributed by atoms with Crippen molar-refractivity contribution in [1.29, 1.82) is 0 Å². The summed E-state index contributed by atoms with van der Waals surface area (Å²) >= 11 is 0. The Morgan fingerprint density at radius 2 is 1.79 bits per heavy atom. The molecule has 2 amide bonds. The number of carbonyl (C=O) groups is 2. The van der Waals surface area contributed by atoms with Gasteiger partial charge in [-0.25, -0.2) is 9.37 Å². The van der Waals surface area contributed by atoms with Crippen molar-refractivity contribution < 1.29 is 18.5 Å². The van der Waals surface area contributed by atoms with Crippen molar-refractivity contribution in [2.24, 2.45) is 0 Å². The second kappa shape index (κ2) is 8.46. The van der Waals surface area contributed by atoms with Crippen LogP contribution in [0.25, 0.3) is 22.4 Å². The highest BCUT2D eigenvalue weighted by Crippen LogP contribution is 2.29. The number of hydrogen-bond donors (Lipinski definition) is 1. The fraction of sp³-hybridized carbons (Fsp3) is 0.200. The number of amides is 2. The highest BCUT2D eigenvalue weighted by atomic mass is 19.1. The molecule has 0 unspecified atom stereocenters. The molecule has 166 valence electrons. The van der Waals surface area contributed by atoms with E-state index in [0.717, 1.165) is 25.9 Å². The number of aromatic nitrogens is 2. The summed E-state index contributed by atoms with van der Waals surface area (Å²) in [6.45, 7) is 3.27. The lowest BCUT2D eigenvalue weighted by Gasteiger charge is -2.15. The number of hydrogen-bond acceptors (Lipinski definition) is 5. The third kappa shape index (κ3) is 3.95. The van der Waals surface area contributed by atoms with Gasteiger partial charge in [0, 0.05) is 29.9 Å². The van der Waals surface area contributed by atoms with Crippen molar-refractivity contribution in [3.8, 4) is 11.3 Å². The molecule has 0 radical (unpaired) electrons. The lowest BCUT2D eigenvalue weighted by molar-refractivity contribution is 0.0792. The van der Waals surface area contributed by atoms with Crippen LogP contribution in [-0.4, -0.2) is 39.9 Å². The first kappa shape index (κ1) is 20.8. The second-order valence-corrected chi connectivity index (χ2v) is 8.01. The Morgan fingerprint density at radius 3 is 2.52 bits per heavy atom. The molecule has 7 nitrogen and oxygen atoms in total. The number of halogens is 1. The first-order valence-corrected chi connectivity index (χ1v) is 10.7. The van der Waals surface area contributed by atoms with Gasteiger partial charge in [-0.3, -0.25) is 9.59 Å². The van der Waals surface area contributed by atoms with E-state index in [4.69, 9.17) is 4.52 Å². The number of benzene rings is 2. The Kier molecular flexibility index (Phi) is 5.34. The lowest BCUT2D eigenvalue weighted by Crippen LogP contribution is -2.27. The maximum absolute atomic E-state index is 14.4. The van der Waals surface area contributed by atoms with Crippen molar-refractivity contribution >= 4 is 28.6 Å². The minimum absolute atomic E-state index is 0.00385. The van der Waals surface area contributed by atoms with E-state index < -0.39 is 11.7 Å². The maximum atomic E-state index is 14.4. The Balaban J connectivity index is 1.45. The molecular formula is C25H21FN4O3. The van der Waals surface area contributed by atoms with E-state index >= 15 is 0 Å². The third-order valence-electron chi connectivity index (χ3n) is 5.79. The summed E-state index contributed by atoms with van der Waals surface area (Å²) in [7, 11) is 0. The normalized spacial score (nSPS) is 13.5. The zero-order chi connectivity index (χ0) is 22.9. The number of anilines is 1. The molecule has 8 heteroatoms. The van der Waals surface area contributed by atoms with Gasteiger partial charge >= 0.3 is 0 Å². The van der Waals surface area contributed by atoms with Crippen LogP contribution >= 0.6 is 0 Å². The van der Waals surface area contributed by atoms with Crippen molar-refractivity contribution in [1.82, 2.24) is 15.0 Å². The van der Waals surface area contributed by atoms with Gasteiger partial charge in [0.15, 0.2) is 0 Å². The highest BCUT2D eigenvalue weighted by molar-refractivity contribution is 6.13. The molecule has 1 fully saturated rings. The second-order valence-electron chi connectivity index (χ2n) is 8.01. The number of nitrogens with one attached hydrogen (secondary N) is 1. The fourth-order valence-corrected chi connectivity index (χ4v) is 4.08. The Hall–Kier alpha value is -4.07. The van der Waals surface area contributed by atoms with Crippen LogP contribution < -0.4 is 5.32 Å². The number of rotatable bonds is 4. The van der Waals surface area contributed by atoms with Crippen molar-refractivity contribution in [3.05, 3.63) is 77.2 Å². The van der Waals surface area contributed by atoms with Gasteiger partial charge < -0.3 is 14.7 Å². The van der Waals surface area contributed by atoms with Gasteiger partial charge in [-0.15, -0.1) is 0 Å². The Morgan fingerprint density at radius 1 is 1.06 bits per heavy atom. The first-order chi connectivity index (χ1) is 16.0. The standard InChI is InChI=1S/C25H21FN4O3/c1-15-22-19(14-21(28-24(22)33-29-15)18-6-2-3-7-20(18)26)23(31)27-17-10-8-16(9-11-17)25(32)30-12-4-5-13-30/h2-3,6-11,14H,4-5,12-13H2,1H3,(H,27,31). The van der Waals surface area contributed by atoms with Crippen LogP contribution in [0.15, 0.2) is 59.1 Å².